The number of hydrogen-bond donors (Lipinski definition) is 1. The number of pyridine rings is 1. The molecule has 8 heteroatoms. The van der Waals surface area contributed by atoms with Crippen LogP contribution in [0.5, 0.6) is 5.75 Å². The summed E-state index contributed by atoms with van der Waals surface area (Å²) in [4.78, 5) is 18.2. The summed E-state index contributed by atoms with van der Waals surface area (Å²) in [6.45, 7) is 1.34. The van der Waals surface area contributed by atoms with Crippen molar-refractivity contribution in [3.63, 3.8) is 0 Å². The summed E-state index contributed by atoms with van der Waals surface area (Å²) in [5, 5.41) is 3.71. The molecule has 0 fully saturated rings. The highest BCUT2D eigenvalue weighted by Gasteiger charge is 2.27. The number of aromatic nitrogens is 1. The fourth-order valence-electron chi connectivity index (χ4n) is 5.19. The number of carbonyl (C=O) groups is 1. The molecule has 1 N–H and O–H groups in total. The van der Waals surface area contributed by atoms with Crippen molar-refractivity contribution in [2.45, 2.75) is 18.9 Å². The summed E-state index contributed by atoms with van der Waals surface area (Å²) >= 11 is 0. The largest absolute Gasteiger partial charge is 0.493 e. The first-order valence-electron chi connectivity index (χ1n) is 12.4. The van der Waals surface area contributed by atoms with E-state index < -0.39 is 17.5 Å². The zero-order valence-electron chi connectivity index (χ0n) is 20.3. The number of ether oxygens (including phenoxy) is 2. The van der Waals surface area contributed by atoms with Gasteiger partial charge in [-0.05, 0) is 24.1 Å². The van der Waals surface area contributed by atoms with Gasteiger partial charge >= 0.3 is 0 Å². The first-order chi connectivity index (χ1) is 18.5. The number of halogens is 3. The molecule has 38 heavy (non-hydrogen) atoms. The Kier molecular flexibility index (Phi) is 6.33. The molecule has 1 aromatic heterocycles. The Morgan fingerprint density at radius 2 is 1.87 bits per heavy atom. The molecule has 5 nitrogen and oxygen atoms in total. The average molecular weight is 517 g/mol. The van der Waals surface area contributed by atoms with Crippen LogP contribution >= 0.6 is 0 Å². The Bertz CT molecular complexity index is 1600. The minimum absolute atomic E-state index is 0.233. The number of rotatable bonds is 4. The van der Waals surface area contributed by atoms with Gasteiger partial charge in [-0.1, -0.05) is 42.5 Å². The smallest absolute Gasteiger partial charge is 0.253 e. The maximum Gasteiger partial charge on any atom is 0.253 e. The number of fused-ring (bicyclic) bond motifs is 2. The quantitative estimate of drug-likeness (QED) is 0.320. The summed E-state index contributed by atoms with van der Waals surface area (Å²) in [7, 11) is 0. The Morgan fingerprint density at radius 1 is 1.00 bits per heavy atom. The first kappa shape index (κ1) is 24.2. The van der Waals surface area contributed by atoms with E-state index >= 15 is 0 Å². The van der Waals surface area contributed by atoms with Crippen LogP contribution in [0.4, 0.5) is 13.2 Å². The minimum Gasteiger partial charge on any atom is -0.493 e. The topological polar surface area (TPSA) is 60.5 Å². The van der Waals surface area contributed by atoms with Crippen LogP contribution in [0.15, 0.2) is 66.9 Å². The summed E-state index contributed by atoms with van der Waals surface area (Å²) in [5.74, 6) is -2.90. The fraction of sp³-hybridized carbons (Fsp3) is 0.200. The van der Waals surface area contributed by atoms with E-state index in [0.29, 0.717) is 60.8 Å². The summed E-state index contributed by atoms with van der Waals surface area (Å²) in [6.07, 6.45) is 4.54. The van der Waals surface area contributed by atoms with Crippen LogP contribution in [0.2, 0.25) is 0 Å². The van der Waals surface area contributed by atoms with E-state index in [1.807, 2.05) is 30.3 Å². The predicted molar refractivity (Wildman–Crippen MR) is 137 cm³/mol. The fourth-order valence-corrected chi connectivity index (χ4v) is 5.19. The number of amides is 1. The van der Waals surface area contributed by atoms with Crippen LogP contribution in [0, 0.1) is 17.5 Å². The van der Waals surface area contributed by atoms with Gasteiger partial charge in [0.1, 0.15) is 11.6 Å². The lowest BCUT2D eigenvalue weighted by Gasteiger charge is -2.27. The monoisotopic (exact) mass is 516 g/mol. The maximum absolute atomic E-state index is 14.8. The number of hydrogen-bond acceptors (Lipinski definition) is 4. The highest BCUT2D eigenvalue weighted by Crippen LogP contribution is 2.38. The molecule has 2 aliphatic heterocycles. The second kappa shape index (κ2) is 9.95. The van der Waals surface area contributed by atoms with Gasteiger partial charge in [-0.15, -0.1) is 0 Å². The third-order valence-corrected chi connectivity index (χ3v) is 6.97. The van der Waals surface area contributed by atoms with E-state index in [1.165, 1.54) is 6.20 Å². The van der Waals surface area contributed by atoms with Crippen molar-refractivity contribution in [3.05, 3.63) is 101 Å². The van der Waals surface area contributed by atoms with Gasteiger partial charge in [0, 0.05) is 46.3 Å². The summed E-state index contributed by atoms with van der Waals surface area (Å²) < 4.78 is 54.1. The van der Waals surface area contributed by atoms with Crippen molar-refractivity contribution >= 4 is 22.4 Å². The van der Waals surface area contributed by atoms with Crippen LogP contribution in [-0.2, 0) is 4.74 Å². The number of para-hydroxylation sites is 2. The average Bonchev–Trinajstić information content (AvgIpc) is 2.94. The normalized spacial score (nSPS) is 16.9. The molecule has 0 spiro atoms. The van der Waals surface area contributed by atoms with E-state index in [4.69, 9.17) is 9.47 Å². The van der Waals surface area contributed by atoms with Gasteiger partial charge in [0.2, 0.25) is 0 Å². The van der Waals surface area contributed by atoms with Crippen molar-refractivity contribution in [3.8, 4) is 16.9 Å². The molecule has 0 saturated carbocycles. The predicted octanol–water partition coefficient (Wildman–Crippen LogP) is 6.38. The first-order valence-corrected chi connectivity index (χ1v) is 12.4. The van der Waals surface area contributed by atoms with Gasteiger partial charge in [-0.25, -0.2) is 13.2 Å². The SMILES string of the molecule is O=C(NC1CCOc2ccccc21)c1cnc2c(-c3cc(F)cc(F)c3F)cccc2c1C1=CCOCC1. The van der Waals surface area contributed by atoms with Crippen LogP contribution in [-0.4, -0.2) is 30.7 Å². The van der Waals surface area contributed by atoms with E-state index in [0.717, 1.165) is 23.0 Å². The molecule has 0 radical (unpaired) electrons. The highest BCUT2D eigenvalue weighted by molar-refractivity contribution is 6.08. The molecule has 3 aromatic carbocycles. The van der Waals surface area contributed by atoms with Crippen molar-refractivity contribution in [2.24, 2.45) is 0 Å². The van der Waals surface area contributed by atoms with Crippen molar-refractivity contribution in [1.29, 1.82) is 0 Å². The molecule has 0 aliphatic carbocycles. The molecule has 4 aromatic rings. The standard InChI is InChI=1S/C30H23F3N2O3/c31-18-14-22(28(33)24(32)15-18)19-5-3-6-21-27(17-8-11-37-12-9-17)23(16-34-29(19)21)30(36)35-25-10-13-38-26-7-2-1-4-20(25)26/h1-8,14-16,25H,9-13H2,(H,35,36). The molecule has 0 saturated heterocycles. The minimum atomic E-state index is -1.28. The van der Waals surface area contributed by atoms with Crippen molar-refractivity contribution < 1.29 is 27.4 Å². The molecule has 1 atom stereocenters. The number of nitrogens with zero attached hydrogens (tertiary/aromatic N) is 1. The van der Waals surface area contributed by atoms with E-state index in [2.05, 4.69) is 10.3 Å². The van der Waals surface area contributed by atoms with Gasteiger partial charge in [0.05, 0.1) is 36.9 Å². The lowest BCUT2D eigenvalue weighted by molar-refractivity contribution is 0.0924. The Labute approximate surface area is 216 Å². The number of nitrogens with one attached hydrogen (secondary N) is 1. The Morgan fingerprint density at radius 3 is 2.71 bits per heavy atom. The lowest BCUT2D eigenvalue weighted by Crippen LogP contribution is -2.32. The van der Waals surface area contributed by atoms with Crippen molar-refractivity contribution in [1.82, 2.24) is 10.3 Å². The highest BCUT2D eigenvalue weighted by atomic mass is 19.2. The van der Waals surface area contributed by atoms with Gasteiger partial charge < -0.3 is 14.8 Å². The van der Waals surface area contributed by atoms with E-state index in [-0.39, 0.29) is 23.1 Å². The van der Waals surface area contributed by atoms with Crippen LogP contribution < -0.4 is 10.1 Å². The molecule has 2 aliphatic rings. The lowest BCUT2D eigenvalue weighted by atomic mass is 9.90. The Balaban J connectivity index is 1.49. The van der Waals surface area contributed by atoms with Gasteiger partial charge in [-0.3, -0.25) is 9.78 Å². The van der Waals surface area contributed by atoms with E-state index in [1.54, 1.807) is 18.2 Å². The summed E-state index contributed by atoms with van der Waals surface area (Å²) in [6, 6.07) is 13.8. The third-order valence-electron chi connectivity index (χ3n) is 6.97. The Hall–Kier alpha value is -4.17. The number of benzene rings is 3. The second-order valence-electron chi connectivity index (χ2n) is 9.25. The molecule has 6 rings (SSSR count). The molecule has 192 valence electrons. The zero-order valence-corrected chi connectivity index (χ0v) is 20.3. The maximum atomic E-state index is 14.8. The zero-order chi connectivity index (χ0) is 26.2. The summed E-state index contributed by atoms with van der Waals surface area (Å²) in [5.41, 5.74) is 3.14. The number of carbonyl (C=O) groups excluding carboxylic acids is 1. The van der Waals surface area contributed by atoms with Gasteiger partial charge in [-0.2, -0.15) is 0 Å². The second-order valence-corrected chi connectivity index (χ2v) is 9.25. The van der Waals surface area contributed by atoms with Crippen LogP contribution in [0.3, 0.4) is 0 Å². The molecular weight excluding hydrogens is 493 g/mol. The molecule has 0 bridgehead atoms. The van der Waals surface area contributed by atoms with Crippen LogP contribution in [0.1, 0.15) is 40.4 Å². The molecule has 3 heterocycles. The van der Waals surface area contributed by atoms with Gasteiger partial charge in [0.25, 0.3) is 5.91 Å². The van der Waals surface area contributed by atoms with Gasteiger partial charge in [0.15, 0.2) is 11.6 Å². The van der Waals surface area contributed by atoms with Crippen molar-refractivity contribution in [2.75, 3.05) is 19.8 Å². The molecule has 1 unspecified atom stereocenters. The van der Waals surface area contributed by atoms with Crippen LogP contribution in [0.25, 0.3) is 27.6 Å². The third kappa shape index (κ3) is 4.31. The van der Waals surface area contributed by atoms with E-state index in [9.17, 15) is 18.0 Å². The molecule has 1 amide bonds. The molecular formula is C30H23F3N2O3.